The van der Waals surface area contributed by atoms with Crippen LogP contribution in [0.1, 0.15) is 17.3 Å². The zero-order chi connectivity index (χ0) is 19.4. The first kappa shape index (κ1) is 19.5. The van der Waals surface area contributed by atoms with Crippen molar-refractivity contribution in [3.05, 3.63) is 62.1 Å². The van der Waals surface area contributed by atoms with Gasteiger partial charge in [-0.15, -0.1) is 0 Å². The number of nitro benzene ring substituents is 1. The Labute approximate surface area is 157 Å². The van der Waals surface area contributed by atoms with Crippen LogP contribution in [0.4, 0.5) is 11.4 Å². The molecule has 0 heterocycles. The number of carbonyl (C=O) groups excluding carboxylic acids is 2. The Kier molecular flexibility index (Phi) is 6.01. The number of phenolic OH excluding ortho intramolecular Hbond substituents is 1. The van der Waals surface area contributed by atoms with Crippen LogP contribution in [0.3, 0.4) is 0 Å². The van der Waals surface area contributed by atoms with E-state index in [4.69, 9.17) is 27.9 Å². The Bertz CT molecular complexity index is 887. The van der Waals surface area contributed by atoms with Crippen molar-refractivity contribution in [2.24, 2.45) is 0 Å². The Morgan fingerprint density at radius 2 is 1.92 bits per heavy atom. The van der Waals surface area contributed by atoms with Gasteiger partial charge in [-0.1, -0.05) is 23.2 Å². The van der Waals surface area contributed by atoms with Crippen molar-refractivity contribution in [1.82, 2.24) is 0 Å². The predicted octanol–water partition coefficient (Wildman–Crippen LogP) is 3.79. The molecular weight excluding hydrogens is 387 g/mol. The van der Waals surface area contributed by atoms with Crippen LogP contribution in [-0.2, 0) is 9.53 Å². The average Bonchev–Trinajstić information content (AvgIpc) is 2.58. The van der Waals surface area contributed by atoms with E-state index in [1.807, 2.05) is 0 Å². The van der Waals surface area contributed by atoms with E-state index in [9.17, 15) is 24.8 Å². The number of ether oxygens (including phenoxy) is 1. The van der Waals surface area contributed by atoms with E-state index in [-0.39, 0.29) is 32.7 Å². The number of halogens is 2. The maximum atomic E-state index is 12.1. The summed E-state index contributed by atoms with van der Waals surface area (Å²) in [6.45, 7) is 1.31. The third-order valence-electron chi connectivity index (χ3n) is 3.25. The second-order valence-electron chi connectivity index (χ2n) is 5.12. The zero-order valence-corrected chi connectivity index (χ0v) is 14.7. The Morgan fingerprint density at radius 1 is 1.23 bits per heavy atom. The Morgan fingerprint density at radius 3 is 2.54 bits per heavy atom. The molecule has 2 aromatic rings. The highest BCUT2D eigenvalue weighted by Crippen LogP contribution is 2.27. The fourth-order valence-corrected chi connectivity index (χ4v) is 2.30. The first-order chi connectivity index (χ1) is 12.2. The van der Waals surface area contributed by atoms with Gasteiger partial charge in [-0.05, 0) is 31.2 Å². The molecule has 0 spiro atoms. The number of aromatic hydroxyl groups is 1. The first-order valence-electron chi connectivity index (χ1n) is 7.13. The molecule has 2 N–H and O–H groups in total. The zero-order valence-electron chi connectivity index (χ0n) is 13.2. The highest BCUT2D eigenvalue weighted by Gasteiger charge is 2.22. The molecule has 0 aliphatic carbocycles. The quantitative estimate of drug-likeness (QED) is 0.449. The SMILES string of the molecule is C[C@H](OC(=O)c1cc(Cl)ccc1O)C(=O)Nc1ccc([N+](=O)[O-])cc1Cl. The fraction of sp³-hybridized carbons (Fsp3) is 0.125. The number of phenols is 1. The van der Waals surface area contributed by atoms with Crippen molar-refractivity contribution in [3.8, 4) is 5.75 Å². The lowest BCUT2D eigenvalue weighted by molar-refractivity contribution is -0.384. The summed E-state index contributed by atoms with van der Waals surface area (Å²) in [5.41, 5.74) is -0.301. The molecule has 10 heteroatoms. The van der Waals surface area contributed by atoms with Crippen molar-refractivity contribution < 1.29 is 24.4 Å². The van der Waals surface area contributed by atoms with Crippen molar-refractivity contribution >= 4 is 46.5 Å². The minimum atomic E-state index is -1.23. The number of nitro groups is 1. The van der Waals surface area contributed by atoms with Gasteiger partial charge in [0.05, 0.1) is 15.6 Å². The molecule has 0 saturated heterocycles. The lowest BCUT2D eigenvalue weighted by atomic mass is 10.2. The van der Waals surface area contributed by atoms with Crippen LogP contribution in [0.5, 0.6) is 5.75 Å². The molecule has 0 aliphatic rings. The minimum Gasteiger partial charge on any atom is -0.507 e. The van der Waals surface area contributed by atoms with Gasteiger partial charge in [-0.3, -0.25) is 14.9 Å². The number of hydrogen-bond acceptors (Lipinski definition) is 6. The third-order valence-corrected chi connectivity index (χ3v) is 3.80. The van der Waals surface area contributed by atoms with Gasteiger partial charge in [-0.2, -0.15) is 0 Å². The van der Waals surface area contributed by atoms with E-state index in [1.54, 1.807) is 0 Å². The van der Waals surface area contributed by atoms with Crippen molar-refractivity contribution in [1.29, 1.82) is 0 Å². The summed E-state index contributed by atoms with van der Waals surface area (Å²) in [5.74, 6) is -2.00. The number of amides is 1. The van der Waals surface area contributed by atoms with Gasteiger partial charge >= 0.3 is 5.97 Å². The van der Waals surface area contributed by atoms with Gasteiger partial charge in [0, 0.05) is 17.2 Å². The number of hydrogen-bond donors (Lipinski definition) is 2. The molecule has 2 aromatic carbocycles. The number of esters is 1. The average molecular weight is 399 g/mol. The lowest BCUT2D eigenvalue weighted by Gasteiger charge is -2.14. The van der Waals surface area contributed by atoms with Crippen molar-refractivity contribution in [3.63, 3.8) is 0 Å². The second-order valence-corrected chi connectivity index (χ2v) is 5.96. The maximum Gasteiger partial charge on any atom is 0.342 e. The molecule has 0 saturated carbocycles. The molecule has 0 aromatic heterocycles. The van der Waals surface area contributed by atoms with E-state index in [0.29, 0.717) is 0 Å². The van der Waals surface area contributed by atoms with Crippen LogP contribution in [0, 0.1) is 10.1 Å². The van der Waals surface area contributed by atoms with Gasteiger partial charge in [0.25, 0.3) is 11.6 Å². The third kappa shape index (κ3) is 4.62. The van der Waals surface area contributed by atoms with Gasteiger partial charge in [0.2, 0.25) is 0 Å². The first-order valence-corrected chi connectivity index (χ1v) is 7.89. The van der Waals surface area contributed by atoms with Crippen molar-refractivity contribution in [2.45, 2.75) is 13.0 Å². The normalized spacial score (nSPS) is 11.5. The summed E-state index contributed by atoms with van der Waals surface area (Å²) < 4.78 is 4.99. The predicted molar refractivity (Wildman–Crippen MR) is 94.7 cm³/mol. The number of rotatable bonds is 5. The second kappa shape index (κ2) is 8.03. The van der Waals surface area contributed by atoms with Crippen LogP contribution in [0.25, 0.3) is 0 Å². The van der Waals surface area contributed by atoms with E-state index < -0.39 is 22.9 Å². The van der Waals surface area contributed by atoms with Crippen LogP contribution in [-0.4, -0.2) is 28.0 Å². The number of nitrogens with zero attached hydrogens (tertiary/aromatic N) is 1. The molecule has 0 unspecified atom stereocenters. The van der Waals surface area contributed by atoms with E-state index in [1.165, 1.54) is 37.3 Å². The summed E-state index contributed by atoms with van der Waals surface area (Å²) in [6, 6.07) is 7.33. The highest BCUT2D eigenvalue weighted by molar-refractivity contribution is 6.34. The maximum absolute atomic E-state index is 12.1. The molecule has 0 fully saturated rings. The molecule has 0 bridgehead atoms. The number of non-ortho nitro benzene ring substituents is 1. The van der Waals surface area contributed by atoms with E-state index in [0.717, 1.165) is 6.07 Å². The molecule has 1 atom stereocenters. The molecule has 26 heavy (non-hydrogen) atoms. The summed E-state index contributed by atoms with van der Waals surface area (Å²) in [6.07, 6.45) is -1.23. The summed E-state index contributed by atoms with van der Waals surface area (Å²) in [7, 11) is 0. The number of benzene rings is 2. The standard InChI is InChI=1S/C16H12Cl2N2O6/c1-8(26-16(23)11-6-9(17)2-5-14(11)21)15(22)19-13-4-3-10(20(24)25)7-12(13)18/h2-8,21H,1H3,(H,19,22)/t8-/m0/s1. The minimum absolute atomic E-state index is 0.0430. The monoisotopic (exact) mass is 398 g/mol. The molecule has 0 radical (unpaired) electrons. The molecule has 2 rings (SSSR count). The number of carbonyl (C=O) groups is 2. The van der Waals surface area contributed by atoms with Gasteiger partial charge in [0.1, 0.15) is 11.3 Å². The topological polar surface area (TPSA) is 119 Å². The molecule has 136 valence electrons. The molecule has 8 nitrogen and oxygen atoms in total. The summed E-state index contributed by atoms with van der Waals surface area (Å²) in [5, 5.41) is 22.9. The summed E-state index contributed by atoms with van der Waals surface area (Å²) in [4.78, 5) is 34.2. The van der Waals surface area contributed by atoms with Crippen LogP contribution in [0.15, 0.2) is 36.4 Å². The van der Waals surface area contributed by atoms with Gasteiger partial charge in [-0.25, -0.2) is 4.79 Å². The molecule has 1 amide bonds. The number of anilines is 1. The van der Waals surface area contributed by atoms with E-state index in [2.05, 4.69) is 5.32 Å². The molecule has 0 aliphatic heterocycles. The van der Waals surface area contributed by atoms with Crippen molar-refractivity contribution in [2.75, 3.05) is 5.32 Å². The lowest BCUT2D eigenvalue weighted by Crippen LogP contribution is -2.30. The number of nitrogens with one attached hydrogen (secondary N) is 1. The van der Waals surface area contributed by atoms with Crippen LogP contribution >= 0.6 is 23.2 Å². The van der Waals surface area contributed by atoms with Gasteiger partial charge in [0.15, 0.2) is 6.10 Å². The van der Waals surface area contributed by atoms with Gasteiger partial charge < -0.3 is 15.2 Å². The largest absolute Gasteiger partial charge is 0.507 e. The van der Waals surface area contributed by atoms with Crippen LogP contribution < -0.4 is 5.32 Å². The Balaban J connectivity index is 2.07. The van der Waals surface area contributed by atoms with E-state index >= 15 is 0 Å². The van der Waals surface area contributed by atoms with Crippen LogP contribution in [0.2, 0.25) is 10.0 Å². The highest BCUT2D eigenvalue weighted by atomic mass is 35.5. The Hall–Kier alpha value is -2.84. The molecular formula is C16H12Cl2N2O6. The smallest absolute Gasteiger partial charge is 0.342 e. The summed E-state index contributed by atoms with van der Waals surface area (Å²) >= 11 is 11.6. The fourth-order valence-electron chi connectivity index (χ4n) is 1.90.